The standard InChI is InChI=1S/C14H10N2O2S/c17-16(18)11-1-3-12(4-2-11)19-13-5-6-14-10(9-13)7-8-15-14/h1-9,15H. The van der Waals surface area contributed by atoms with Gasteiger partial charge in [-0.3, -0.25) is 10.1 Å². The summed E-state index contributed by atoms with van der Waals surface area (Å²) in [7, 11) is 0. The van der Waals surface area contributed by atoms with Crippen LogP contribution in [0, 0.1) is 10.1 Å². The molecule has 1 N–H and O–H groups in total. The monoisotopic (exact) mass is 270 g/mol. The fourth-order valence-electron chi connectivity index (χ4n) is 1.87. The second-order valence-electron chi connectivity index (χ2n) is 4.08. The molecule has 0 spiro atoms. The molecule has 0 saturated heterocycles. The summed E-state index contributed by atoms with van der Waals surface area (Å²) in [6.07, 6.45) is 1.91. The highest BCUT2D eigenvalue weighted by Gasteiger charge is 2.05. The number of H-pyrrole nitrogens is 1. The third kappa shape index (κ3) is 2.46. The van der Waals surface area contributed by atoms with E-state index in [0.29, 0.717) is 0 Å². The molecule has 0 aliphatic rings. The molecular weight excluding hydrogens is 260 g/mol. The van der Waals surface area contributed by atoms with Crippen molar-refractivity contribution in [2.24, 2.45) is 0 Å². The van der Waals surface area contributed by atoms with Crippen LogP contribution in [0.15, 0.2) is 64.5 Å². The Morgan fingerprint density at radius 1 is 1.00 bits per heavy atom. The molecule has 0 amide bonds. The average Bonchev–Trinajstić information content (AvgIpc) is 2.87. The van der Waals surface area contributed by atoms with Crippen molar-refractivity contribution < 1.29 is 4.92 Å². The normalized spacial score (nSPS) is 10.7. The van der Waals surface area contributed by atoms with Gasteiger partial charge < -0.3 is 4.98 Å². The van der Waals surface area contributed by atoms with Crippen molar-refractivity contribution in [1.82, 2.24) is 4.98 Å². The summed E-state index contributed by atoms with van der Waals surface area (Å²) >= 11 is 1.59. The van der Waals surface area contributed by atoms with Gasteiger partial charge in [-0.25, -0.2) is 0 Å². The lowest BCUT2D eigenvalue weighted by Gasteiger charge is -2.01. The fourth-order valence-corrected chi connectivity index (χ4v) is 2.73. The van der Waals surface area contributed by atoms with Gasteiger partial charge in [0, 0.05) is 39.0 Å². The number of nitro groups is 1. The lowest BCUT2D eigenvalue weighted by Crippen LogP contribution is -1.86. The van der Waals surface area contributed by atoms with E-state index in [1.165, 1.54) is 12.1 Å². The molecule has 3 aromatic rings. The molecule has 0 unspecified atom stereocenters. The zero-order valence-electron chi connectivity index (χ0n) is 9.87. The summed E-state index contributed by atoms with van der Waals surface area (Å²) in [5.41, 5.74) is 1.22. The highest BCUT2D eigenvalue weighted by Crippen LogP contribution is 2.30. The van der Waals surface area contributed by atoms with Crippen molar-refractivity contribution in [3.63, 3.8) is 0 Å². The highest BCUT2D eigenvalue weighted by atomic mass is 32.2. The quantitative estimate of drug-likeness (QED) is 0.572. The Morgan fingerprint density at radius 3 is 2.47 bits per heavy atom. The second-order valence-corrected chi connectivity index (χ2v) is 5.23. The Morgan fingerprint density at radius 2 is 1.74 bits per heavy atom. The lowest BCUT2D eigenvalue weighted by molar-refractivity contribution is -0.384. The number of nitrogens with zero attached hydrogens (tertiary/aromatic N) is 1. The van der Waals surface area contributed by atoms with E-state index in [0.717, 1.165) is 20.7 Å². The Balaban J connectivity index is 1.85. The van der Waals surface area contributed by atoms with Gasteiger partial charge in [-0.2, -0.15) is 0 Å². The average molecular weight is 270 g/mol. The number of nitrogens with one attached hydrogen (secondary N) is 1. The summed E-state index contributed by atoms with van der Waals surface area (Å²) in [6, 6.07) is 14.8. The third-order valence-electron chi connectivity index (χ3n) is 2.81. The number of nitro benzene ring substituents is 1. The Hall–Kier alpha value is -2.27. The number of fused-ring (bicyclic) bond motifs is 1. The van der Waals surface area contributed by atoms with Crippen molar-refractivity contribution in [2.75, 3.05) is 0 Å². The van der Waals surface area contributed by atoms with E-state index in [2.05, 4.69) is 11.1 Å². The first-order valence-corrected chi connectivity index (χ1v) is 6.53. The van der Waals surface area contributed by atoms with Gasteiger partial charge >= 0.3 is 0 Å². The van der Waals surface area contributed by atoms with Crippen molar-refractivity contribution >= 4 is 28.4 Å². The predicted octanol–water partition coefficient (Wildman–Crippen LogP) is 4.23. The molecule has 0 aliphatic heterocycles. The zero-order chi connectivity index (χ0) is 13.2. The van der Waals surface area contributed by atoms with Gasteiger partial charge in [-0.1, -0.05) is 11.8 Å². The van der Waals surface area contributed by atoms with E-state index in [4.69, 9.17) is 0 Å². The smallest absolute Gasteiger partial charge is 0.269 e. The molecule has 1 aromatic heterocycles. The SMILES string of the molecule is O=[N+]([O-])c1ccc(Sc2ccc3[nH]ccc3c2)cc1. The number of non-ortho nitro benzene ring substituents is 1. The first-order valence-electron chi connectivity index (χ1n) is 5.72. The molecule has 5 heteroatoms. The largest absolute Gasteiger partial charge is 0.361 e. The first-order chi connectivity index (χ1) is 9.22. The van der Waals surface area contributed by atoms with Gasteiger partial charge in [0.05, 0.1) is 4.92 Å². The van der Waals surface area contributed by atoms with Crippen LogP contribution in [0.3, 0.4) is 0 Å². The number of aromatic amines is 1. The maximum Gasteiger partial charge on any atom is 0.269 e. The molecule has 0 saturated carbocycles. The van der Waals surface area contributed by atoms with E-state index in [9.17, 15) is 10.1 Å². The summed E-state index contributed by atoms with van der Waals surface area (Å²) < 4.78 is 0. The number of aromatic nitrogens is 1. The van der Waals surface area contributed by atoms with Crippen molar-refractivity contribution in [3.05, 3.63) is 64.8 Å². The molecule has 4 nitrogen and oxygen atoms in total. The van der Waals surface area contributed by atoms with Crippen LogP contribution in [0.1, 0.15) is 0 Å². The third-order valence-corrected chi connectivity index (χ3v) is 3.81. The van der Waals surface area contributed by atoms with Crippen molar-refractivity contribution in [2.45, 2.75) is 9.79 Å². The number of benzene rings is 2. The summed E-state index contributed by atoms with van der Waals surface area (Å²) in [5.74, 6) is 0. The summed E-state index contributed by atoms with van der Waals surface area (Å²) in [4.78, 5) is 15.4. The van der Waals surface area contributed by atoms with Gasteiger partial charge in [0.15, 0.2) is 0 Å². The predicted molar refractivity (Wildman–Crippen MR) is 75.5 cm³/mol. The van der Waals surface area contributed by atoms with E-state index in [1.807, 2.05) is 24.4 Å². The summed E-state index contributed by atoms with van der Waals surface area (Å²) in [6.45, 7) is 0. The molecule has 0 fully saturated rings. The van der Waals surface area contributed by atoms with Crippen LogP contribution >= 0.6 is 11.8 Å². The molecule has 0 bridgehead atoms. The van der Waals surface area contributed by atoms with Crippen LogP contribution in [0.5, 0.6) is 0 Å². The van der Waals surface area contributed by atoms with Crippen LogP contribution in [-0.2, 0) is 0 Å². The van der Waals surface area contributed by atoms with Crippen molar-refractivity contribution in [1.29, 1.82) is 0 Å². The molecule has 19 heavy (non-hydrogen) atoms. The van der Waals surface area contributed by atoms with Crippen molar-refractivity contribution in [3.8, 4) is 0 Å². The fraction of sp³-hybridized carbons (Fsp3) is 0. The molecule has 2 aromatic carbocycles. The number of rotatable bonds is 3. The van der Waals surface area contributed by atoms with Gasteiger partial charge in [0.25, 0.3) is 5.69 Å². The first kappa shape index (κ1) is 11.8. The maximum atomic E-state index is 10.6. The molecule has 1 heterocycles. The highest BCUT2D eigenvalue weighted by molar-refractivity contribution is 7.99. The lowest BCUT2D eigenvalue weighted by atomic mass is 10.2. The van der Waals surface area contributed by atoms with Gasteiger partial charge in [0.1, 0.15) is 0 Å². The molecular formula is C14H10N2O2S. The van der Waals surface area contributed by atoms with Gasteiger partial charge in [0.2, 0.25) is 0 Å². The minimum atomic E-state index is -0.389. The number of hydrogen-bond donors (Lipinski definition) is 1. The zero-order valence-corrected chi connectivity index (χ0v) is 10.7. The topological polar surface area (TPSA) is 58.9 Å². The Bertz CT molecular complexity index is 735. The minimum Gasteiger partial charge on any atom is -0.361 e. The number of hydrogen-bond acceptors (Lipinski definition) is 3. The van der Waals surface area contributed by atoms with Gasteiger partial charge in [-0.05, 0) is 36.4 Å². The Kier molecular flexibility index (Phi) is 2.97. The minimum absolute atomic E-state index is 0.116. The van der Waals surface area contributed by atoms with Crippen LogP contribution in [0.2, 0.25) is 0 Å². The summed E-state index contributed by atoms with van der Waals surface area (Å²) in [5, 5.41) is 11.7. The second kappa shape index (κ2) is 4.78. The van der Waals surface area contributed by atoms with Crippen LogP contribution in [0.4, 0.5) is 5.69 Å². The molecule has 94 valence electrons. The van der Waals surface area contributed by atoms with Crippen LogP contribution < -0.4 is 0 Å². The van der Waals surface area contributed by atoms with E-state index in [1.54, 1.807) is 23.9 Å². The molecule has 0 atom stereocenters. The molecule has 3 rings (SSSR count). The van der Waals surface area contributed by atoms with Crippen LogP contribution in [-0.4, -0.2) is 9.91 Å². The van der Waals surface area contributed by atoms with Gasteiger partial charge in [-0.15, -0.1) is 0 Å². The Labute approximate surface area is 113 Å². The van der Waals surface area contributed by atoms with E-state index >= 15 is 0 Å². The van der Waals surface area contributed by atoms with E-state index < -0.39 is 0 Å². The van der Waals surface area contributed by atoms with E-state index in [-0.39, 0.29) is 10.6 Å². The maximum absolute atomic E-state index is 10.6. The molecule has 0 aliphatic carbocycles. The van der Waals surface area contributed by atoms with Crippen LogP contribution in [0.25, 0.3) is 10.9 Å². The molecule has 0 radical (unpaired) electrons.